The molecule has 0 aliphatic carbocycles. The second-order valence-corrected chi connectivity index (χ2v) is 5.94. The van der Waals surface area contributed by atoms with Crippen LogP contribution in [-0.2, 0) is 11.0 Å². The number of anilines is 1. The molecule has 0 spiro atoms. The first kappa shape index (κ1) is 15.7. The Kier molecular flexibility index (Phi) is 3.97. The third kappa shape index (κ3) is 3.44. The van der Waals surface area contributed by atoms with Crippen molar-refractivity contribution in [3.8, 4) is 0 Å². The normalized spacial score (nSPS) is 14.6. The highest BCUT2D eigenvalue weighted by atomic mass is 79.9. The van der Waals surface area contributed by atoms with Gasteiger partial charge in [0.1, 0.15) is 0 Å². The Bertz CT molecular complexity index is 815. The Morgan fingerprint density at radius 1 is 1.13 bits per heavy atom. The van der Waals surface area contributed by atoms with Gasteiger partial charge in [0, 0.05) is 4.47 Å². The summed E-state index contributed by atoms with van der Waals surface area (Å²) < 4.78 is 39.3. The number of alkyl halides is 3. The molecule has 0 aromatic heterocycles. The maximum Gasteiger partial charge on any atom is 0.416 e. The molecule has 1 N–H and O–H groups in total. The van der Waals surface area contributed by atoms with E-state index in [1.54, 1.807) is 18.2 Å². The molecule has 0 radical (unpaired) electrons. The average Bonchev–Trinajstić information content (AvgIpc) is 2.64. The van der Waals surface area contributed by atoms with E-state index >= 15 is 0 Å². The van der Waals surface area contributed by atoms with E-state index in [-0.39, 0.29) is 17.9 Å². The van der Waals surface area contributed by atoms with Gasteiger partial charge >= 0.3 is 6.18 Å². The number of carbonyl (C=O) groups excluding carboxylic acids is 1. The molecule has 1 aliphatic heterocycles. The lowest BCUT2D eigenvalue weighted by Crippen LogP contribution is -2.15. The standard InChI is InChI=1S/C16H10BrF3N2O/c17-11-4-5-12-14(7-11)21-13(8-15(23)22-12)9-2-1-3-10(6-9)16(18,19)20/h1-7H,8H2,(H,22,23). The van der Waals surface area contributed by atoms with Crippen LogP contribution in [0.15, 0.2) is 51.9 Å². The van der Waals surface area contributed by atoms with E-state index in [2.05, 4.69) is 26.2 Å². The smallest absolute Gasteiger partial charge is 0.324 e. The second kappa shape index (κ2) is 5.81. The Morgan fingerprint density at radius 3 is 2.65 bits per heavy atom. The number of aliphatic imine (C=N–C) groups is 1. The third-order valence-corrected chi connectivity index (χ3v) is 3.83. The predicted octanol–water partition coefficient (Wildman–Crippen LogP) is 4.93. The van der Waals surface area contributed by atoms with E-state index in [9.17, 15) is 18.0 Å². The van der Waals surface area contributed by atoms with Crippen molar-refractivity contribution in [1.29, 1.82) is 0 Å². The topological polar surface area (TPSA) is 41.5 Å². The zero-order valence-corrected chi connectivity index (χ0v) is 13.2. The van der Waals surface area contributed by atoms with E-state index in [1.165, 1.54) is 12.1 Å². The summed E-state index contributed by atoms with van der Waals surface area (Å²) in [6.45, 7) is 0. The summed E-state index contributed by atoms with van der Waals surface area (Å²) in [7, 11) is 0. The number of nitrogens with one attached hydrogen (secondary N) is 1. The van der Waals surface area contributed by atoms with Gasteiger partial charge in [0.05, 0.1) is 29.1 Å². The quantitative estimate of drug-likeness (QED) is 0.746. The van der Waals surface area contributed by atoms with Crippen molar-refractivity contribution in [3.05, 3.63) is 58.1 Å². The van der Waals surface area contributed by atoms with Gasteiger partial charge < -0.3 is 5.32 Å². The first-order valence-corrected chi connectivity index (χ1v) is 7.47. The minimum absolute atomic E-state index is 0.0897. The summed E-state index contributed by atoms with van der Waals surface area (Å²) in [5.41, 5.74) is 0.836. The van der Waals surface area contributed by atoms with Gasteiger partial charge in [-0.25, -0.2) is 0 Å². The van der Waals surface area contributed by atoms with Crippen LogP contribution in [0.4, 0.5) is 24.5 Å². The number of benzene rings is 2. The Balaban J connectivity index is 2.10. The third-order valence-electron chi connectivity index (χ3n) is 3.34. The van der Waals surface area contributed by atoms with Gasteiger partial charge in [0.25, 0.3) is 0 Å². The van der Waals surface area contributed by atoms with E-state index in [1.807, 2.05) is 0 Å². The van der Waals surface area contributed by atoms with Gasteiger partial charge in [-0.15, -0.1) is 0 Å². The predicted molar refractivity (Wildman–Crippen MR) is 85.0 cm³/mol. The number of amides is 1. The van der Waals surface area contributed by atoms with Gasteiger partial charge in [-0.3, -0.25) is 9.79 Å². The highest BCUT2D eigenvalue weighted by molar-refractivity contribution is 9.10. The zero-order chi connectivity index (χ0) is 16.6. The SMILES string of the molecule is O=C1CC(c2cccc(C(F)(F)F)c2)=Nc2cc(Br)ccc2N1. The number of rotatable bonds is 1. The van der Waals surface area contributed by atoms with E-state index in [0.29, 0.717) is 17.1 Å². The first-order valence-electron chi connectivity index (χ1n) is 6.67. The molecular weight excluding hydrogens is 373 g/mol. The molecule has 0 bridgehead atoms. The van der Waals surface area contributed by atoms with Crippen LogP contribution in [-0.4, -0.2) is 11.6 Å². The largest absolute Gasteiger partial charge is 0.416 e. The number of fused-ring (bicyclic) bond motifs is 1. The van der Waals surface area contributed by atoms with E-state index < -0.39 is 11.7 Å². The van der Waals surface area contributed by atoms with Gasteiger partial charge in [-0.05, 0) is 35.9 Å². The van der Waals surface area contributed by atoms with Gasteiger partial charge in [0.15, 0.2) is 0 Å². The van der Waals surface area contributed by atoms with Crippen LogP contribution in [0.2, 0.25) is 0 Å². The maximum absolute atomic E-state index is 12.9. The fraction of sp³-hybridized carbons (Fsp3) is 0.125. The van der Waals surface area contributed by atoms with Crippen molar-refractivity contribution in [3.63, 3.8) is 0 Å². The Labute approximate surface area is 138 Å². The molecule has 1 heterocycles. The molecular formula is C16H10BrF3N2O. The minimum Gasteiger partial charge on any atom is -0.324 e. The highest BCUT2D eigenvalue weighted by Gasteiger charge is 2.31. The second-order valence-electron chi connectivity index (χ2n) is 5.02. The maximum atomic E-state index is 12.9. The minimum atomic E-state index is -4.44. The average molecular weight is 383 g/mol. The summed E-state index contributed by atoms with van der Waals surface area (Å²) in [6, 6.07) is 9.98. The van der Waals surface area contributed by atoms with Crippen molar-refractivity contribution >= 4 is 38.9 Å². The summed E-state index contributed by atoms with van der Waals surface area (Å²) >= 11 is 3.31. The van der Waals surface area contributed by atoms with Crippen LogP contribution in [0.1, 0.15) is 17.5 Å². The number of hydrogen-bond acceptors (Lipinski definition) is 2. The van der Waals surface area contributed by atoms with Gasteiger partial charge in [0.2, 0.25) is 5.91 Å². The lowest BCUT2D eigenvalue weighted by atomic mass is 10.0. The molecule has 3 rings (SSSR count). The monoisotopic (exact) mass is 382 g/mol. The molecule has 3 nitrogen and oxygen atoms in total. The number of nitrogens with zero attached hydrogens (tertiary/aromatic N) is 1. The molecule has 0 unspecified atom stereocenters. The van der Waals surface area contributed by atoms with Crippen molar-refractivity contribution in [2.45, 2.75) is 12.6 Å². The van der Waals surface area contributed by atoms with Gasteiger partial charge in [-0.1, -0.05) is 28.1 Å². The molecule has 0 saturated heterocycles. The lowest BCUT2D eigenvalue weighted by molar-refractivity contribution is -0.137. The number of halogens is 4. The fourth-order valence-electron chi connectivity index (χ4n) is 2.28. The molecule has 0 fully saturated rings. The summed E-state index contributed by atoms with van der Waals surface area (Å²) in [5, 5.41) is 2.70. The van der Waals surface area contributed by atoms with E-state index in [0.717, 1.165) is 16.6 Å². The molecule has 118 valence electrons. The number of carbonyl (C=O) groups is 1. The molecule has 2 aromatic carbocycles. The van der Waals surface area contributed by atoms with Crippen LogP contribution in [0.5, 0.6) is 0 Å². The van der Waals surface area contributed by atoms with Crippen LogP contribution in [0.25, 0.3) is 0 Å². The molecule has 23 heavy (non-hydrogen) atoms. The summed E-state index contributed by atoms with van der Waals surface area (Å²) in [5.74, 6) is -0.317. The summed E-state index contributed by atoms with van der Waals surface area (Å²) in [4.78, 5) is 16.4. The van der Waals surface area contributed by atoms with Crippen LogP contribution in [0, 0.1) is 0 Å². The van der Waals surface area contributed by atoms with E-state index in [4.69, 9.17) is 0 Å². The molecule has 1 amide bonds. The van der Waals surface area contributed by atoms with Crippen molar-refractivity contribution in [2.75, 3.05) is 5.32 Å². The molecule has 2 aromatic rings. The summed E-state index contributed by atoms with van der Waals surface area (Å²) in [6.07, 6.45) is -4.53. The van der Waals surface area contributed by atoms with Gasteiger partial charge in [-0.2, -0.15) is 13.2 Å². The molecule has 0 atom stereocenters. The van der Waals surface area contributed by atoms with Crippen LogP contribution in [0.3, 0.4) is 0 Å². The van der Waals surface area contributed by atoms with Crippen molar-refractivity contribution in [1.82, 2.24) is 0 Å². The Morgan fingerprint density at radius 2 is 1.91 bits per heavy atom. The lowest BCUT2D eigenvalue weighted by Gasteiger charge is -2.09. The highest BCUT2D eigenvalue weighted by Crippen LogP contribution is 2.33. The van der Waals surface area contributed by atoms with Crippen molar-refractivity contribution in [2.24, 2.45) is 4.99 Å². The van der Waals surface area contributed by atoms with Crippen LogP contribution < -0.4 is 5.32 Å². The molecule has 1 aliphatic rings. The molecule has 0 saturated carbocycles. The number of hydrogen-bond donors (Lipinski definition) is 1. The fourth-order valence-corrected chi connectivity index (χ4v) is 2.63. The first-order chi connectivity index (χ1) is 10.8. The zero-order valence-electron chi connectivity index (χ0n) is 11.6. The Hall–Kier alpha value is -2.15. The van der Waals surface area contributed by atoms with Crippen molar-refractivity contribution < 1.29 is 18.0 Å². The molecule has 7 heteroatoms. The van der Waals surface area contributed by atoms with Crippen LogP contribution >= 0.6 is 15.9 Å².